The second kappa shape index (κ2) is 9.86. The first-order chi connectivity index (χ1) is 14.6. The predicted molar refractivity (Wildman–Crippen MR) is 117 cm³/mol. The third-order valence-corrected chi connectivity index (χ3v) is 7.59. The van der Waals surface area contributed by atoms with Crippen molar-refractivity contribution in [1.82, 2.24) is 0 Å². The minimum absolute atomic E-state index is 0.0599. The Labute approximate surface area is 185 Å². The van der Waals surface area contributed by atoms with E-state index in [1.807, 2.05) is 6.92 Å². The molecule has 6 heteroatoms. The summed E-state index contributed by atoms with van der Waals surface area (Å²) in [7, 11) is 0. The molecule has 0 aromatic heterocycles. The van der Waals surface area contributed by atoms with E-state index in [1.165, 1.54) is 5.57 Å². The van der Waals surface area contributed by atoms with Crippen molar-refractivity contribution in [3.8, 4) is 0 Å². The lowest BCUT2D eigenvalue weighted by molar-refractivity contribution is -0.170. The molecular weight excluding hydrogens is 396 g/mol. The highest BCUT2D eigenvalue weighted by atomic mass is 16.5. The third kappa shape index (κ3) is 5.78. The molecule has 31 heavy (non-hydrogen) atoms. The van der Waals surface area contributed by atoms with Gasteiger partial charge in [0.25, 0.3) is 0 Å². The number of allylic oxidation sites excluding steroid dienone is 3. The van der Waals surface area contributed by atoms with E-state index in [-0.39, 0.29) is 48.1 Å². The number of carboxylic acid groups (broad SMARTS) is 1. The Morgan fingerprint density at radius 1 is 1.23 bits per heavy atom. The van der Waals surface area contributed by atoms with E-state index >= 15 is 0 Å². The number of rotatable bonds is 9. The second-order valence-corrected chi connectivity index (χ2v) is 10.4. The number of aliphatic hydroxyl groups excluding tert-OH is 2. The van der Waals surface area contributed by atoms with Crippen molar-refractivity contribution < 1.29 is 29.6 Å². The molecule has 6 nitrogen and oxygen atoms in total. The molecule has 0 spiro atoms. The SMILES string of the molecule is C[C@H]1C=C2C=C[C@H](C)[C@H](CC[C@@H](O)C[C@@H](O)CC(=O)O)[C@H]2[C@@H](OC(=O)C2(C)CCC2)C1. The maximum absolute atomic E-state index is 12.9. The van der Waals surface area contributed by atoms with E-state index < -0.39 is 18.2 Å². The van der Waals surface area contributed by atoms with E-state index in [0.29, 0.717) is 12.3 Å². The van der Waals surface area contributed by atoms with Crippen molar-refractivity contribution >= 4 is 11.9 Å². The molecule has 3 aliphatic carbocycles. The zero-order valence-electron chi connectivity index (χ0n) is 19.0. The van der Waals surface area contributed by atoms with E-state index in [4.69, 9.17) is 9.84 Å². The molecule has 3 rings (SSSR count). The van der Waals surface area contributed by atoms with Crippen molar-refractivity contribution in [2.24, 2.45) is 29.1 Å². The van der Waals surface area contributed by atoms with Crippen molar-refractivity contribution in [1.29, 1.82) is 0 Å². The number of aliphatic hydroxyl groups is 2. The van der Waals surface area contributed by atoms with E-state index in [2.05, 4.69) is 32.1 Å². The number of carbonyl (C=O) groups is 2. The normalized spacial score (nSPS) is 33.5. The minimum atomic E-state index is -1.07. The molecule has 174 valence electrons. The number of aliphatic carboxylic acids is 1. The van der Waals surface area contributed by atoms with Crippen molar-refractivity contribution in [2.45, 2.75) is 90.4 Å². The lowest BCUT2D eigenvalue weighted by Gasteiger charge is -2.45. The summed E-state index contributed by atoms with van der Waals surface area (Å²) in [5.41, 5.74) is 0.881. The van der Waals surface area contributed by atoms with Crippen molar-refractivity contribution in [3.05, 3.63) is 23.8 Å². The molecule has 3 N–H and O–H groups in total. The zero-order valence-corrected chi connectivity index (χ0v) is 19.0. The number of hydrogen-bond acceptors (Lipinski definition) is 5. The largest absolute Gasteiger partial charge is 0.481 e. The molecule has 0 unspecified atom stereocenters. The van der Waals surface area contributed by atoms with Gasteiger partial charge in [-0.15, -0.1) is 0 Å². The number of hydrogen-bond donors (Lipinski definition) is 3. The molecular formula is C25H38O6. The number of carbonyl (C=O) groups excluding carboxylic acids is 1. The number of fused-ring (bicyclic) bond motifs is 1. The summed E-state index contributed by atoms with van der Waals surface area (Å²) in [6, 6.07) is 0. The highest BCUT2D eigenvalue weighted by molar-refractivity contribution is 5.77. The van der Waals surface area contributed by atoms with Crippen LogP contribution in [0.25, 0.3) is 0 Å². The first kappa shape index (κ1) is 24.0. The molecule has 7 atom stereocenters. The summed E-state index contributed by atoms with van der Waals surface area (Å²) in [5.74, 6) is -0.181. The Morgan fingerprint density at radius 3 is 2.55 bits per heavy atom. The van der Waals surface area contributed by atoms with Gasteiger partial charge in [-0.05, 0) is 68.8 Å². The fraction of sp³-hybridized carbons (Fsp3) is 0.760. The average Bonchev–Trinajstić information content (AvgIpc) is 2.64. The van der Waals surface area contributed by atoms with Gasteiger partial charge in [-0.25, -0.2) is 0 Å². The van der Waals surface area contributed by atoms with Crippen LogP contribution in [0.2, 0.25) is 0 Å². The van der Waals surface area contributed by atoms with Gasteiger partial charge in [0.15, 0.2) is 0 Å². The molecule has 0 aliphatic heterocycles. The lowest BCUT2D eigenvalue weighted by Crippen LogP contribution is -2.45. The molecule has 1 fully saturated rings. The van der Waals surface area contributed by atoms with Crippen LogP contribution in [0.15, 0.2) is 23.8 Å². The molecule has 0 amide bonds. The van der Waals surface area contributed by atoms with Crippen molar-refractivity contribution in [2.75, 3.05) is 0 Å². The monoisotopic (exact) mass is 434 g/mol. The van der Waals surface area contributed by atoms with E-state index in [0.717, 1.165) is 32.1 Å². The molecule has 1 saturated carbocycles. The molecule has 0 bridgehead atoms. The first-order valence-electron chi connectivity index (χ1n) is 11.8. The van der Waals surface area contributed by atoms with Gasteiger partial charge < -0.3 is 20.1 Å². The fourth-order valence-corrected chi connectivity index (χ4v) is 5.51. The molecule has 3 aliphatic rings. The van der Waals surface area contributed by atoms with Gasteiger partial charge in [0, 0.05) is 5.92 Å². The molecule has 0 aromatic rings. The maximum Gasteiger partial charge on any atom is 0.312 e. The van der Waals surface area contributed by atoms with Crippen LogP contribution in [0.3, 0.4) is 0 Å². The molecule has 0 heterocycles. The third-order valence-electron chi connectivity index (χ3n) is 7.59. The summed E-state index contributed by atoms with van der Waals surface area (Å²) in [4.78, 5) is 23.6. The quantitative estimate of drug-likeness (QED) is 0.476. The van der Waals surface area contributed by atoms with Crippen LogP contribution in [-0.2, 0) is 14.3 Å². The highest BCUT2D eigenvalue weighted by Crippen LogP contribution is 2.47. The van der Waals surface area contributed by atoms with Gasteiger partial charge in [0.05, 0.1) is 24.0 Å². The Hall–Kier alpha value is -1.66. The van der Waals surface area contributed by atoms with E-state index in [9.17, 15) is 19.8 Å². The topological polar surface area (TPSA) is 104 Å². The number of carboxylic acids is 1. The van der Waals surface area contributed by atoms with Crippen LogP contribution in [-0.4, -0.2) is 45.6 Å². The van der Waals surface area contributed by atoms with Gasteiger partial charge in [0.1, 0.15) is 6.10 Å². The van der Waals surface area contributed by atoms with Crippen LogP contribution < -0.4 is 0 Å². The number of esters is 1. The summed E-state index contributed by atoms with van der Waals surface area (Å²) in [6.07, 6.45) is 9.29. The van der Waals surface area contributed by atoms with Crippen molar-refractivity contribution in [3.63, 3.8) is 0 Å². The second-order valence-electron chi connectivity index (χ2n) is 10.4. The Balaban J connectivity index is 1.68. The summed E-state index contributed by atoms with van der Waals surface area (Å²) < 4.78 is 6.15. The molecule has 0 aromatic carbocycles. The fourth-order valence-electron chi connectivity index (χ4n) is 5.51. The lowest BCUT2D eigenvalue weighted by atomic mass is 9.65. The summed E-state index contributed by atoms with van der Waals surface area (Å²) in [5, 5.41) is 29.0. The predicted octanol–water partition coefficient (Wildman–Crippen LogP) is 3.86. The van der Waals surface area contributed by atoms with Crippen LogP contribution in [0, 0.1) is 29.1 Å². The Morgan fingerprint density at radius 2 is 1.94 bits per heavy atom. The molecule has 0 saturated heterocycles. The van der Waals surface area contributed by atoms with Gasteiger partial charge in [-0.2, -0.15) is 0 Å². The highest BCUT2D eigenvalue weighted by Gasteiger charge is 2.46. The van der Waals surface area contributed by atoms with Crippen LogP contribution >= 0.6 is 0 Å². The number of ether oxygens (including phenoxy) is 1. The van der Waals surface area contributed by atoms with Gasteiger partial charge in [-0.1, -0.05) is 38.5 Å². The Kier molecular flexibility index (Phi) is 7.63. The average molecular weight is 435 g/mol. The maximum atomic E-state index is 12.9. The van der Waals surface area contributed by atoms with E-state index in [1.54, 1.807) is 0 Å². The van der Waals surface area contributed by atoms with Crippen LogP contribution in [0.5, 0.6) is 0 Å². The van der Waals surface area contributed by atoms with Gasteiger partial charge in [-0.3, -0.25) is 9.59 Å². The van der Waals surface area contributed by atoms with Gasteiger partial charge in [0.2, 0.25) is 0 Å². The minimum Gasteiger partial charge on any atom is -0.481 e. The first-order valence-corrected chi connectivity index (χ1v) is 11.8. The molecule has 0 radical (unpaired) electrons. The summed E-state index contributed by atoms with van der Waals surface area (Å²) in [6.45, 7) is 6.32. The zero-order chi connectivity index (χ0) is 22.8. The standard InChI is InChI=1S/C25H38O6/c1-15-11-17-6-5-16(2)20(8-7-18(26)13-19(27)14-22(28)29)23(17)21(12-15)31-24(30)25(3)9-4-10-25/h5-6,11,15-16,18-21,23,26-27H,4,7-10,12-14H2,1-3H3,(H,28,29)/t15-,16-,18+,19+,20-,21-,23-/m0/s1. The Bertz CT molecular complexity index is 722. The smallest absolute Gasteiger partial charge is 0.312 e. The van der Waals surface area contributed by atoms with Crippen LogP contribution in [0.4, 0.5) is 0 Å². The van der Waals surface area contributed by atoms with Gasteiger partial charge >= 0.3 is 11.9 Å². The summed E-state index contributed by atoms with van der Waals surface area (Å²) >= 11 is 0. The van der Waals surface area contributed by atoms with Crippen LogP contribution in [0.1, 0.15) is 72.1 Å².